The molecular formula is C15H20N2O3. The van der Waals surface area contributed by atoms with E-state index in [-0.39, 0.29) is 24.5 Å². The Hall–Kier alpha value is -1.88. The Bertz CT molecular complexity index is 484. The van der Waals surface area contributed by atoms with Gasteiger partial charge in [0.1, 0.15) is 0 Å². The Morgan fingerprint density at radius 3 is 2.65 bits per heavy atom. The fourth-order valence-corrected chi connectivity index (χ4v) is 2.54. The molecule has 5 heteroatoms. The monoisotopic (exact) mass is 276 g/mol. The van der Waals surface area contributed by atoms with E-state index in [0.717, 1.165) is 30.6 Å². The second-order valence-electron chi connectivity index (χ2n) is 5.12. The second-order valence-corrected chi connectivity index (χ2v) is 5.12. The van der Waals surface area contributed by atoms with Gasteiger partial charge in [-0.15, -0.1) is 0 Å². The summed E-state index contributed by atoms with van der Waals surface area (Å²) in [6.45, 7) is 2.22. The number of nitrogens with one attached hydrogen (secondary N) is 1. The number of nitrogens with zero attached hydrogens (tertiary/aromatic N) is 1. The number of carbonyl (C=O) groups is 2. The van der Waals surface area contributed by atoms with Gasteiger partial charge >= 0.3 is 0 Å². The summed E-state index contributed by atoms with van der Waals surface area (Å²) < 4.78 is 0. The molecule has 0 radical (unpaired) electrons. The van der Waals surface area contributed by atoms with Crippen LogP contribution in [0.25, 0.3) is 0 Å². The summed E-state index contributed by atoms with van der Waals surface area (Å²) >= 11 is 0. The molecule has 1 unspecified atom stereocenters. The van der Waals surface area contributed by atoms with Gasteiger partial charge in [0.25, 0.3) is 0 Å². The van der Waals surface area contributed by atoms with Crippen LogP contribution in [-0.4, -0.2) is 41.0 Å². The molecule has 2 rings (SSSR count). The Morgan fingerprint density at radius 1 is 1.35 bits per heavy atom. The quantitative estimate of drug-likeness (QED) is 0.867. The van der Waals surface area contributed by atoms with E-state index >= 15 is 0 Å². The molecule has 2 N–H and O–H groups in total. The van der Waals surface area contributed by atoms with E-state index in [9.17, 15) is 14.7 Å². The van der Waals surface area contributed by atoms with Crippen LogP contribution in [0.4, 0.5) is 5.69 Å². The molecule has 0 saturated carbocycles. The first-order valence-corrected chi connectivity index (χ1v) is 6.87. The molecule has 2 amide bonds. The third-order valence-corrected chi connectivity index (χ3v) is 3.54. The van der Waals surface area contributed by atoms with Crippen LogP contribution >= 0.6 is 0 Å². The van der Waals surface area contributed by atoms with E-state index in [4.69, 9.17) is 0 Å². The van der Waals surface area contributed by atoms with Crippen LogP contribution in [0.15, 0.2) is 24.3 Å². The van der Waals surface area contributed by atoms with Crippen LogP contribution in [0.2, 0.25) is 0 Å². The molecule has 1 atom stereocenters. The van der Waals surface area contributed by atoms with Gasteiger partial charge in [0.05, 0.1) is 19.1 Å². The minimum atomic E-state index is -0.114. The molecule has 0 aliphatic carbocycles. The summed E-state index contributed by atoms with van der Waals surface area (Å²) in [5, 5.41) is 11.9. The van der Waals surface area contributed by atoms with Gasteiger partial charge in [0.2, 0.25) is 11.8 Å². The number of amides is 2. The molecule has 1 heterocycles. The summed E-state index contributed by atoms with van der Waals surface area (Å²) in [5.74, 6) is -0.0643. The second kappa shape index (κ2) is 6.52. The summed E-state index contributed by atoms with van der Waals surface area (Å²) in [6, 6.07) is 7.23. The molecule has 1 aliphatic rings. The molecule has 5 nitrogen and oxygen atoms in total. The minimum absolute atomic E-state index is 0.0267. The highest BCUT2D eigenvalue weighted by atomic mass is 16.3. The molecule has 1 aromatic rings. The van der Waals surface area contributed by atoms with E-state index in [0.29, 0.717) is 6.42 Å². The van der Waals surface area contributed by atoms with Crippen LogP contribution in [0.3, 0.4) is 0 Å². The normalized spacial score (nSPS) is 18.1. The lowest BCUT2D eigenvalue weighted by atomic mass is 10.1. The van der Waals surface area contributed by atoms with Gasteiger partial charge in [-0.2, -0.15) is 0 Å². The van der Waals surface area contributed by atoms with Gasteiger partial charge in [-0.1, -0.05) is 12.1 Å². The molecule has 1 aliphatic heterocycles. The molecule has 1 fully saturated rings. The maximum absolute atomic E-state index is 12.2. The number of likely N-dealkylation sites (tertiary alicyclic amines) is 1. The van der Waals surface area contributed by atoms with Crippen LogP contribution < -0.4 is 5.32 Å². The highest BCUT2D eigenvalue weighted by molar-refractivity contribution is 5.88. The number of rotatable bonds is 4. The number of hydrogen-bond donors (Lipinski definition) is 2. The van der Waals surface area contributed by atoms with Crippen molar-refractivity contribution < 1.29 is 14.7 Å². The topological polar surface area (TPSA) is 69.6 Å². The van der Waals surface area contributed by atoms with Crippen molar-refractivity contribution in [3.05, 3.63) is 29.8 Å². The highest BCUT2D eigenvalue weighted by Crippen LogP contribution is 2.18. The van der Waals surface area contributed by atoms with Crippen LogP contribution in [0, 0.1) is 0 Å². The van der Waals surface area contributed by atoms with Crippen LogP contribution in [0.5, 0.6) is 0 Å². The maximum Gasteiger partial charge on any atom is 0.227 e. The number of aliphatic hydroxyl groups is 1. The van der Waals surface area contributed by atoms with Gasteiger partial charge in [-0.05, 0) is 30.5 Å². The first-order chi connectivity index (χ1) is 9.60. The third-order valence-electron chi connectivity index (χ3n) is 3.54. The minimum Gasteiger partial charge on any atom is -0.394 e. The molecule has 1 aromatic carbocycles. The average Bonchev–Trinajstić information content (AvgIpc) is 2.89. The molecule has 108 valence electrons. The van der Waals surface area contributed by atoms with E-state index in [1.54, 1.807) is 17.0 Å². The standard InChI is InChI=1S/C15H20N2O3/c1-11(19)16-13-6-4-12(5-7-13)9-15(20)17-8-2-3-14(17)10-18/h4-7,14,18H,2-3,8-10H2,1H3,(H,16,19). The zero-order valence-electron chi connectivity index (χ0n) is 11.6. The third kappa shape index (κ3) is 3.57. The van der Waals surface area contributed by atoms with Gasteiger partial charge in [-0.3, -0.25) is 9.59 Å². The lowest BCUT2D eigenvalue weighted by Gasteiger charge is -2.23. The smallest absolute Gasteiger partial charge is 0.227 e. The fraction of sp³-hybridized carbons (Fsp3) is 0.467. The van der Waals surface area contributed by atoms with Crippen molar-refractivity contribution in [2.75, 3.05) is 18.5 Å². The number of aliphatic hydroxyl groups excluding tert-OH is 1. The van der Waals surface area contributed by atoms with Crippen molar-refractivity contribution >= 4 is 17.5 Å². The first kappa shape index (κ1) is 14.5. The molecule has 0 spiro atoms. The molecule has 0 bridgehead atoms. The van der Waals surface area contributed by atoms with Crippen molar-refractivity contribution in [1.82, 2.24) is 4.90 Å². The van der Waals surface area contributed by atoms with Crippen molar-refractivity contribution in [2.45, 2.75) is 32.2 Å². The number of anilines is 1. The lowest BCUT2D eigenvalue weighted by Crippen LogP contribution is -2.38. The van der Waals surface area contributed by atoms with Crippen LogP contribution in [0.1, 0.15) is 25.3 Å². The molecule has 1 saturated heterocycles. The first-order valence-electron chi connectivity index (χ1n) is 6.87. The Kier molecular flexibility index (Phi) is 4.74. The number of benzene rings is 1. The molecule has 0 aromatic heterocycles. The molecule has 20 heavy (non-hydrogen) atoms. The summed E-state index contributed by atoms with van der Waals surface area (Å²) in [4.78, 5) is 24.9. The zero-order chi connectivity index (χ0) is 14.5. The van der Waals surface area contributed by atoms with Crippen molar-refractivity contribution in [2.24, 2.45) is 0 Å². The summed E-state index contributed by atoms with van der Waals surface area (Å²) in [5.41, 5.74) is 1.63. The van der Waals surface area contributed by atoms with Crippen molar-refractivity contribution in [3.8, 4) is 0 Å². The lowest BCUT2D eigenvalue weighted by molar-refractivity contribution is -0.132. The summed E-state index contributed by atoms with van der Waals surface area (Å²) in [6.07, 6.45) is 2.17. The highest BCUT2D eigenvalue weighted by Gasteiger charge is 2.27. The average molecular weight is 276 g/mol. The Balaban J connectivity index is 1.95. The van der Waals surface area contributed by atoms with E-state index < -0.39 is 0 Å². The number of hydrogen-bond acceptors (Lipinski definition) is 3. The largest absolute Gasteiger partial charge is 0.394 e. The predicted octanol–water partition coefficient (Wildman–Crippen LogP) is 1.17. The molecular weight excluding hydrogens is 256 g/mol. The van der Waals surface area contributed by atoms with Crippen molar-refractivity contribution in [1.29, 1.82) is 0 Å². The van der Waals surface area contributed by atoms with E-state index in [1.807, 2.05) is 12.1 Å². The van der Waals surface area contributed by atoms with Gasteiger partial charge in [0.15, 0.2) is 0 Å². The van der Waals surface area contributed by atoms with Gasteiger partial charge < -0.3 is 15.3 Å². The van der Waals surface area contributed by atoms with Crippen molar-refractivity contribution in [3.63, 3.8) is 0 Å². The van der Waals surface area contributed by atoms with Gasteiger partial charge in [0, 0.05) is 19.2 Å². The fourth-order valence-electron chi connectivity index (χ4n) is 2.54. The number of carbonyl (C=O) groups excluding carboxylic acids is 2. The summed E-state index contributed by atoms with van der Waals surface area (Å²) in [7, 11) is 0. The van der Waals surface area contributed by atoms with E-state index in [1.165, 1.54) is 6.92 Å². The Morgan fingerprint density at radius 2 is 2.05 bits per heavy atom. The van der Waals surface area contributed by atoms with E-state index in [2.05, 4.69) is 5.32 Å². The van der Waals surface area contributed by atoms with Gasteiger partial charge in [-0.25, -0.2) is 0 Å². The Labute approximate surface area is 118 Å². The van der Waals surface area contributed by atoms with Crippen LogP contribution in [-0.2, 0) is 16.0 Å². The predicted molar refractivity (Wildman–Crippen MR) is 76.3 cm³/mol. The SMILES string of the molecule is CC(=O)Nc1ccc(CC(=O)N2CCCC2CO)cc1. The maximum atomic E-state index is 12.2. The zero-order valence-corrected chi connectivity index (χ0v) is 11.6.